The molecular weight excluding hydrogens is 404 g/mol. The van der Waals surface area contributed by atoms with Gasteiger partial charge < -0.3 is 10.1 Å². The van der Waals surface area contributed by atoms with Crippen molar-refractivity contribution in [1.82, 2.24) is 19.6 Å². The highest BCUT2D eigenvalue weighted by atomic mass is 19.1. The summed E-state index contributed by atoms with van der Waals surface area (Å²) in [5.41, 5.74) is 1.93. The molecule has 0 bridgehead atoms. The van der Waals surface area contributed by atoms with Crippen LogP contribution in [0, 0.1) is 11.6 Å². The van der Waals surface area contributed by atoms with E-state index in [1.165, 1.54) is 28.6 Å². The summed E-state index contributed by atoms with van der Waals surface area (Å²) in [5.74, 6) is -2.01. The molecule has 0 saturated carbocycles. The Hall–Kier alpha value is -4.01. The third-order valence-corrected chi connectivity index (χ3v) is 4.48. The van der Waals surface area contributed by atoms with E-state index in [0.717, 1.165) is 18.6 Å². The summed E-state index contributed by atoms with van der Waals surface area (Å²) in [6, 6.07) is 14.6. The average molecular weight is 423 g/mol. The molecule has 2 heterocycles. The van der Waals surface area contributed by atoms with Gasteiger partial charge in [-0.25, -0.2) is 13.5 Å². The number of benzene rings is 2. The van der Waals surface area contributed by atoms with Crippen LogP contribution in [-0.2, 0) is 19.7 Å². The van der Waals surface area contributed by atoms with Crippen molar-refractivity contribution < 1.29 is 18.3 Å². The number of aryl methyl sites for hydroxylation is 2. The quantitative estimate of drug-likeness (QED) is 0.467. The maximum Gasteiger partial charge on any atom is 0.276 e. The van der Waals surface area contributed by atoms with E-state index in [-0.39, 0.29) is 18.2 Å². The zero-order chi connectivity index (χ0) is 21.6. The van der Waals surface area contributed by atoms with Crippen molar-refractivity contribution in [2.24, 2.45) is 0 Å². The van der Waals surface area contributed by atoms with E-state index in [0.29, 0.717) is 12.2 Å². The van der Waals surface area contributed by atoms with E-state index < -0.39 is 17.5 Å². The molecule has 1 amide bonds. The van der Waals surface area contributed by atoms with Crippen molar-refractivity contribution in [3.8, 4) is 5.75 Å². The van der Waals surface area contributed by atoms with Gasteiger partial charge in [-0.2, -0.15) is 10.2 Å². The molecule has 158 valence electrons. The van der Waals surface area contributed by atoms with Crippen LogP contribution >= 0.6 is 0 Å². The van der Waals surface area contributed by atoms with Crippen LogP contribution in [0.15, 0.2) is 73.2 Å². The first-order valence-corrected chi connectivity index (χ1v) is 9.56. The van der Waals surface area contributed by atoms with Gasteiger partial charge in [0.05, 0.1) is 11.9 Å². The largest absolute Gasteiger partial charge is 0.468 e. The van der Waals surface area contributed by atoms with E-state index >= 15 is 0 Å². The van der Waals surface area contributed by atoms with E-state index in [4.69, 9.17) is 4.74 Å². The summed E-state index contributed by atoms with van der Waals surface area (Å²) < 4.78 is 34.9. The van der Waals surface area contributed by atoms with Gasteiger partial charge in [0, 0.05) is 25.0 Å². The van der Waals surface area contributed by atoms with Crippen LogP contribution in [0.25, 0.3) is 0 Å². The van der Waals surface area contributed by atoms with Gasteiger partial charge in [0.25, 0.3) is 5.91 Å². The fourth-order valence-electron chi connectivity index (χ4n) is 2.92. The molecule has 2 aromatic heterocycles. The molecule has 31 heavy (non-hydrogen) atoms. The van der Waals surface area contributed by atoms with Gasteiger partial charge in [0.1, 0.15) is 5.82 Å². The predicted molar refractivity (Wildman–Crippen MR) is 110 cm³/mol. The highest BCUT2D eigenvalue weighted by molar-refractivity contribution is 6.02. The number of aromatic nitrogens is 4. The zero-order valence-electron chi connectivity index (χ0n) is 16.4. The van der Waals surface area contributed by atoms with Crippen molar-refractivity contribution in [2.45, 2.75) is 19.7 Å². The lowest BCUT2D eigenvalue weighted by atomic mass is 10.1. The minimum atomic E-state index is -0.811. The Morgan fingerprint density at radius 2 is 1.90 bits per heavy atom. The van der Waals surface area contributed by atoms with E-state index in [1.807, 2.05) is 18.2 Å². The van der Waals surface area contributed by atoms with Crippen LogP contribution in [0.2, 0.25) is 0 Å². The van der Waals surface area contributed by atoms with Crippen molar-refractivity contribution in [3.63, 3.8) is 0 Å². The van der Waals surface area contributed by atoms with Crippen molar-refractivity contribution >= 4 is 11.6 Å². The van der Waals surface area contributed by atoms with Crippen LogP contribution in [0.4, 0.5) is 14.5 Å². The molecule has 1 N–H and O–H groups in total. The highest BCUT2D eigenvalue weighted by Crippen LogP contribution is 2.18. The normalized spacial score (nSPS) is 10.8. The molecule has 0 unspecified atom stereocenters. The second-order valence-corrected chi connectivity index (χ2v) is 6.77. The van der Waals surface area contributed by atoms with Crippen LogP contribution in [0.1, 0.15) is 16.1 Å². The van der Waals surface area contributed by atoms with Gasteiger partial charge in [-0.3, -0.25) is 9.48 Å². The summed E-state index contributed by atoms with van der Waals surface area (Å²) in [6.45, 7) is 0.555. The van der Waals surface area contributed by atoms with E-state index in [9.17, 15) is 13.6 Å². The van der Waals surface area contributed by atoms with Crippen LogP contribution < -0.4 is 10.1 Å². The SMILES string of the molecule is O=C(Nc1cnn(CCc2ccccc2)c1)c1ccn(COc2ccc(F)cc2F)n1. The van der Waals surface area contributed by atoms with Gasteiger partial charge in [-0.1, -0.05) is 30.3 Å². The van der Waals surface area contributed by atoms with Gasteiger partial charge in [-0.15, -0.1) is 0 Å². The number of nitrogens with zero attached hydrogens (tertiary/aromatic N) is 4. The number of anilines is 1. The summed E-state index contributed by atoms with van der Waals surface area (Å²) in [4.78, 5) is 12.4. The molecule has 7 nitrogen and oxygen atoms in total. The standard InChI is InChI=1S/C22H19F2N5O2/c23-17-6-7-21(19(24)12-17)31-15-29-11-9-20(27-29)22(30)26-18-13-25-28(14-18)10-8-16-4-2-1-3-5-16/h1-7,9,11-14H,8,10,15H2,(H,26,30). The lowest BCUT2D eigenvalue weighted by Crippen LogP contribution is -2.14. The number of halogens is 2. The molecule has 0 atom stereocenters. The second kappa shape index (κ2) is 9.21. The highest BCUT2D eigenvalue weighted by Gasteiger charge is 2.12. The average Bonchev–Trinajstić information content (AvgIpc) is 3.42. The predicted octanol–water partition coefficient (Wildman–Crippen LogP) is 3.89. The molecule has 0 aliphatic rings. The maximum absolute atomic E-state index is 13.6. The number of amides is 1. The van der Waals surface area contributed by atoms with E-state index in [1.54, 1.807) is 17.1 Å². The Bertz CT molecular complexity index is 1170. The summed E-state index contributed by atoms with van der Waals surface area (Å²) in [7, 11) is 0. The molecule has 0 aliphatic carbocycles. The lowest BCUT2D eigenvalue weighted by molar-refractivity contribution is 0.102. The molecular formula is C22H19F2N5O2. The molecule has 2 aromatic carbocycles. The smallest absolute Gasteiger partial charge is 0.276 e. The van der Waals surface area contributed by atoms with Crippen molar-refractivity contribution in [3.05, 3.63) is 96.1 Å². The summed E-state index contributed by atoms with van der Waals surface area (Å²) in [5, 5.41) is 11.1. The van der Waals surface area contributed by atoms with Crippen molar-refractivity contribution in [1.29, 1.82) is 0 Å². The minimum Gasteiger partial charge on any atom is -0.468 e. The topological polar surface area (TPSA) is 74.0 Å². The number of hydrogen-bond acceptors (Lipinski definition) is 4. The third kappa shape index (κ3) is 5.33. The Balaban J connectivity index is 1.30. The summed E-state index contributed by atoms with van der Waals surface area (Å²) in [6.07, 6.45) is 5.67. The molecule has 0 spiro atoms. The Morgan fingerprint density at radius 1 is 1.06 bits per heavy atom. The van der Waals surface area contributed by atoms with Crippen LogP contribution in [0.5, 0.6) is 5.75 Å². The second-order valence-electron chi connectivity index (χ2n) is 6.77. The zero-order valence-corrected chi connectivity index (χ0v) is 16.4. The molecule has 4 aromatic rings. The fraction of sp³-hybridized carbons (Fsp3) is 0.136. The fourth-order valence-corrected chi connectivity index (χ4v) is 2.92. The Labute approximate surface area is 176 Å². The molecule has 9 heteroatoms. The van der Waals surface area contributed by atoms with E-state index in [2.05, 4.69) is 27.6 Å². The number of carbonyl (C=O) groups excluding carboxylic acids is 1. The van der Waals surface area contributed by atoms with Crippen molar-refractivity contribution in [2.75, 3.05) is 5.32 Å². The van der Waals surface area contributed by atoms with Crippen LogP contribution in [-0.4, -0.2) is 25.5 Å². The van der Waals surface area contributed by atoms with Gasteiger partial charge >= 0.3 is 0 Å². The summed E-state index contributed by atoms with van der Waals surface area (Å²) >= 11 is 0. The molecule has 0 saturated heterocycles. The first-order valence-electron chi connectivity index (χ1n) is 9.56. The molecule has 0 fully saturated rings. The third-order valence-electron chi connectivity index (χ3n) is 4.48. The minimum absolute atomic E-state index is 0.106. The number of rotatable bonds is 8. The van der Waals surface area contributed by atoms with Gasteiger partial charge in [-0.05, 0) is 30.2 Å². The first kappa shape index (κ1) is 20.3. The van der Waals surface area contributed by atoms with Crippen LogP contribution in [0.3, 0.4) is 0 Å². The molecule has 0 radical (unpaired) electrons. The number of hydrogen-bond donors (Lipinski definition) is 1. The monoisotopic (exact) mass is 423 g/mol. The number of ether oxygens (including phenoxy) is 1. The van der Waals surface area contributed by atoms with Gasteiger partial charge in [0.2, 0.25) is 0 Å². The Morgan fingerprint density at radius 3 is 2.71 bits per heavy atom. The van der Waals surface area contributed by atoms with Gasteiger partial charge in [0.15, 0.2) is 24.0 Å². The molecule has 0 aliphatic heterocycles. The first-order chi connectivity index (χ1) is 15.1. The maximum atomic E-state index is 13.6. The lowest BCUT2D eigenvalue weighted by Gasteiger charge is -2.07. The number of nitrogens with one attached hydrogen (secondary N) is 1. The number of carbonyl (C=O) groups is 1. The molecule has 4 rings (SSSR count). The Kier molecular flexibility index (Phi) is 6.02.